The summed E-state index contributed by atoms with van der Waals surface area (Å²) in [5.41, 5.74) is 1.14. The van der Waals surface area contributed by atoms with E-state index in [1.54, 1.807) is 31.2 Å². The number of imide groups is 1. The Balaban J connectivity index is 1.50. The van der Waals surface area contributed by atoms with E-state index in [-0.39, 0.29) is 42.7 Å². The minimum atomic E-state index is -3.85. The number of hydrogen-bond acceptors (Lipinski definition) is 5. The quantitative estimate of drug-likeness (QED) is 0.707. The zero-order chi connectivity index (χ0) is 21.8. The molecule has 6 atom stereocenters. The van der Waals surface area contributed by atoms with E-state index in [0.29, 0.717) is 17.5 Å². The molecule has 0 bridgehead atoms. The van der Waals surface area contributed by atoms with Crippen LogP contribution in [0.4, 0.5) is 0 Å². The molecular formula is C21H26N4O4S. The molecule has 3 fully saturated rings. The third kappa shape index (κ3) is 3.33. The van der Waals surface area contributed by atoms with Gasteiger partial charge in [-0.2, -0.15) is 22.7 Å². The molecule has 1 aromatic rings. The molecule has 30 heavy (non-hydrogen) atoms. The summed E-state index contributed by atoms with van der Waals surface area (Å²) in [5.74, 6) is -0.623. The van der Waals surface area contributed by atoms with Crippen LogP contribution in [0.1, 0.15) is 38.3 Å². The molecule has 160 valence electrons. The Labute approximate surface area is 177 Å². The second-order valence-corrected chi connectivity index (χ2v) is 10.4. The fourth-order valence-electron chi connectivity index (χ4n) is 5.00. The Kier molecular flexibility index (Phi) is 5.21. The highest BCUT2D eigenvalue weighted by atomic mass is 32.2. The highest BCUT2D eigenvalue weighted by molar-refractivity contribution is 7.87. The number of carbonyl (C=O) groups excluding carboxylic acids is 2. The zero-order valence-electron chi connectivity index (χ0n) is 17.3. The van der Waals surface area contributed by atoms with Gasteiger partial charge in [0, 0.05) is 19.0 Å². The maximum Gasteiger partial charge on any atom is 0.280 e. The predicted octanol–water partition coefficient (Wildman–Crippen LogP) is 1.24. The monoisotopic (exact) mass is 430 g/mol. The van der Waals surface area contributed by atoms with Gasteiger partial charge in [0.1, 0.15) is 0 Å². The van der Waals surface area contributed by atoms with Crippen LogP contribution in [0.25, 0.3) is 0 Å². The molecule has 1 aliphatic carbocycles. The van der Waals surface area contributed by atoms with E-state index in [2.05, 4.69) is 4.72 Å². The second kappa shape index (κ2) is 7.45. The fourth-order valence-corrected chi connectivity index (χ4v) is 6.50. The van der Waals surface area contributed by atoms with Gasteiger partial charge in [0.25, 0.3) is 10.2 Å². The molecule has 2 saturated heterocycles. The highest BCUT2D eigenvalue weighted by Crippen LogP contribution is 2.49. The van der Waals surface area contributed by atoms with E-state index in [4.69, 9.17) is 5.26 Å². The van der Waals surface area contributed by atoms with E-state index in [9.17, 15) is 18.0 Å². The first kappa shape index (κ1) is 21.0. The normalized spacial score (nSPS) is 33.4. The lowest BCUT2D eigenvalue weighted by atomic mass is 10.0. The summed E-state index contributed by atoms with van der Waals surface area (Å²) >= 11 is 0. The molecule has 1 aromatic carbocycles. The smallest absolute Gasteiger partial charge is 0.277 e. The van der Waals surface area contributed by atoms with Crippen molar-refractivity contribution in [2.45, 2.75) is 45.8 Å². The van der Waals surface area contributed by atoms with E-state index in [1.807, 2.05) is 19.9 Å². The second-order valence-electron chi connectivity index (χ2n) is 8.67. The number of amides is 2. The molecule has 4 rings (SSSR count). The lowest BCUT2D eigenvalue weighted by molar-refractivity contribution is -0.146. The molecule has 2 amide bonds. The number of nitrogens with one attached hydrogen (secondary N) is 1. The molecule has 9 heteroatoms. The molecule has 2 aliphatic heterocycles. The van der Waals surface area contributed by atoms with Gasteiger partial charge in [-0.25, -0.2) is 0 Å². The van der Waals surface area contributed by atoms with Crippen LogP contribution < -0.4 is 4.72 Å². The third-order valence-corrected chi connectivity index (χ3v) is 8.56. The van der Waals surface area contributed by atoms with Crippen LogP contribution in [0.2, 0.25) is 0 Å². The van der Waals surface area contributed by atoms with E-state index >= 15 is 0 Å². The van der Waals surface area contributed by atoms with Crippen LogP contribution in [-0.4, -0.2) is 48.1 Å². The first-order valence-electron chi connectivity index (χ1n) is 10.3. The van der Waals surface area contributed by atoms with Crippen molar-refractivity contribution in [1.29, 1.82) is 5.26 Å². The molecule has 3 aliphatic rings. The molecule has 8 nitrogen and oxygen atoms in total. The van der Waals surface area contributed by atoms with E-state index < -0.39 is 28.2 Å². The van der Waals surface area contributed by atoms with Gasteiger partial charge in [0.15, 0.2) is 0 Å². The van der Waals surface area contributed by atoms with Gasteiger partial charge in [-0.15, -0.1) is 0 Å². The number of fused-ring (bicyclic) bond motifs is 1. The number of nitrogens with zero attached hydrogens (tertiary/aromatic N) is 3. The van der Waals surface area contributed by atoms with Gasteiger partial charge in [-0.3, -0.25) is 14.5 Å². The number of nitriles is 1. The van der Waals surface area contributed by atoms with Crippen LogP contribution in [0.5, 0.6) is 0 Å². The Hall–Kier alpha value is -2.28. The molecule has 1 unspecified atom stereocenters. The van der Waals surface area contributed by atoms with Gasteiger partial charge in [-0.1, -0.05) is 32.9 Å². The number of benzene rings is 1. The lowest BCUT2D eigenvalue weighted by Gasteiger charge is -2.25. The Morgan fingerprint density at radius 1 is 1.27 bits per heavy atom. The zero-order valence-corrected chi connectivity index (χ0v) is 18.1. The van der Waals surface area contributed by atoms with Gasteiger partial charge in [-0.05, 0) is 36.0 Å². The number of rotatable bonds is 5. The minimum Gasteiger partial charge on any atom is -0.277 e. The van der Waals surface area contributed by atoms with Crippen LogP contribution in [-0.2, 0) is 26.3 Å². The first-order chi connectivity index (χ1) is 14.2. The fraction of sp³-hybridized carbons (Fsp3) is 0.571. The van der Waals surface area contributed by atoms with Crippen molar-refractivity contribution in [3.05, 3.63) is 35.4 Å². The number of hydrogen-bond donors (Lipinski definition) is 1. The number of carbonyl (C=O) groups is 2. The maximum atomic E-state index is 13.0. The largest absolute Gasteiger partial charge is 0.280 e. The van der Waals surface area contributed by atoms with Crippen molar-refractivity contribution in [1.82, 2.24) is 13.9 Å². The van der Waals surface area contributed by atoms with Crippen molar-refractivity contribution < 1.29 is 18.0 Å². The minimum absolute atomic E-state index is 0.0494. The van der Waals surface area contributed by atoms with Gasteiger partial charge in [0.2, 0.25) is 11.8 Å². The Morgan fingerprint density at radius 2 is 1.97 bits per heavy atom. The third-order valence-electron chi connectivity index (χ3n) is 7.01. The molecule has 0 spiro atoms. The summed E-state index contributed by atoms with van der Waals surface area (Å²) in [6.45, 7) is 6.03. The SMILES string of the molecule is C[C@@H]1C(=O)N(C(=O)C2[C@@H](C)[C@H]2C)[C@H]2CCN(S(=O)(=O)NCc3cccc(C#N)c3)[C@H]12. The van der Waals surface area contributed by atoms with Crippen molar-refractivity contribution in [3.8, 4) is 6.07 Å². The molecule has 1 N–H and O–H groups in total. The molecular weight excluding hydrogens is 404 g/mol. The molecule has 0 radical (unpaired) electrons. The van der Waals surface area contributed by atoms with Crippen molar-refractivity contribution in [2.75, 3.05) is 6.54 Å². The average molecular weight is 431 g/mol. The summed E-state index contributed by atoms with van der Waals surface area (Å²) in [4.78, 5) is 27.2. The van der Waals surface area contributed by atoms with E-state index in [1.165, 1.54) is 9.21 Å². The van der Waals surface area contributed by atoms with Crippen LogP contribution in [0.15, 0.2) is 24.3 Å². The highest BCUT2D eigenvalue weighted by Gasteiger charge is 2.60. The molecule has 0 aromatic heterocycles. The van der Waals surface area contributed by atoms with Crippen LogP contribution in [0.3, 0.4) is 0 Å². The number of likely N-dealkylation sites (tertiary alicyclic amines) is 1. The summed E-state index contributed by atoms with van der Waals surface area (Å²) in [5, 5.41) is 9.00. The summed E-state index contributed by atoms with van der Waals surface area (Å²) in [7, 11) is -3.85. The van der Waals surface area contributed by atoms with Crippen LogP contribution >= 0.6 is 0 Å². The molecule has 1 saturated carbocycles. The molecule has 2 heterocycles. The topological polar surface area (TPSA) is 111 Å². The maximum absolute atomic E-state index is 13.0. The summed E-state index contributed by atoms with van der Waals surface area (Å²) < 4.78 is 30.0. The predicted molar refractivity (Wildman–Crippen MR) is 109 cm³/mol. The first-order valence-corrected chi connectivity index (χ1v) is 11.7. The van der Waals surface area contributed by atoms with Crippen molar-refractivity contribution >= 4 is 22.0 Å². The van der Waals surface area contributed by atoms with E-state index in [0.717, 1.165) is 0 Å². The summed E-state index contributed by atoms with van der Waals surface area (Å²) in [6.07, 6.45) is 0.451. The Bertz CT molecular complexity index is 1030. The summed E-state index contributed by atoms with van der Waals surface area (Å²) in [6, 6.07) is 7.82. The van der Waals surface area contributed by atoms with Crippen molar-refractivity contribution in [3.63, 3.8) is 0 Å². The average Bonchev–Trinajstić information content (AvgIpc) is 3.05. The van der Waals surface area contributed by atoms with Crippen LogP contribution in [0, 0.1) is 35.0 Å². The van der Waals surface area contributed by atoms with Gasteiger partial charge in [0.05, 0.1) is 29.6 Å². The standard InChI is InChI=1S/C21H26N4O4S/c1-12-13(2)18(12)21(27)25-17-7-8-24(19(17)14(3)20(25)26)30(28,29)23-11-16-6-4-5-15(9-16)10-22/h4-6,9,12-14,17-19,23H,7-8,11H2,1-3H3/t12-,13+,14-,17-,18?,19+/m0/s1. The lowest BCUT2D eigenvalue weighted by Crippen LogP contribution is -2.47. The van der Waals surface area contributed by atoms with Crippen molar-refractivity contribution in [2.24, 2.45) is 23.7 Å². The van der Waals surface area contributed by atoms with Gasteiger partial charge < -0.3 is 0 Å². The van der Waals surface area contributed by atoms with Gasteiger partial charge >= 0.3 is 0 Å². The Morgan fingerprint density at radius 3 is 2.60 bits per heavy atom.